The third kappa shape index (κ3) is 4.81. The number of nitrogens with zero attached hydrogens (tertiary/aromatic N) is 1. The number of rotatable bonds is 6. The van der Waals surface area contributed by atoms with E-state index in [1.165, 1.54) is 30.4 Å². The minimum Gasteiger partial charge on any atom is -0.332 e. The first-order valence-corrected chi connectivity index (χ1v) is 10.9. The Hall–Kier alpha value is -3.04. The average molecular weight is 415 g/mol. The molecule has 0 unspecified atom stereocenters. The molecule has 9 heteroatoms. The van der Waals surface area contributed by atoms with E-state index in [2.05, 4.69) is 15.6 Å². The van der Waals surface area contributed by atoms with Crippen LogP contribution in [-0.4, -0.2) is 31.3 Å². The lowest BCUT2D eigenvalue weighted by Crippen LogP contribution is -2.12. The largest absolute Gasteiger partial charge is 0.332 e. The quantitative estimate of drug-likeness (QED) is 0.594. The molecule has 0 aliphatic rings. The number of aromatic nitrogens is 1. The van der Waals surface area contributed by atoms with E-state index < -0.39 is 15.7 Å². The van der Waals surface area contributed by atoms with Gasteiger partial charge in [0, 0.05) is 28.6 Å². The van der Waals surface area contributed by atoms with Gasteiger partial charge in [0.15, 0.2) is 20.8 Å². The van der Waals surface area contributed by atoms with Crippen LogP contribution in [0, 0.1) is 0 Å². The number of sulfone groups is 1. The van der Waals surface area contributed by atoms with Gasteiger partial charge in [-0.3, -0.25) is 9.59 Å². The Balaban J connectivity index is 1.69. The van der Waals surface area contributed by atoms with E-state index in [-0.39, 0.29) is 16.4 Å². The van der Waals surface area contributed by atoms with Crippen LogP contribution in [0.3, 0.4) is 0 Å². The fourth-order valence-electron chi connectivity index (χ4n) is 2.36. The van der Waals surface area contributed by atoms with E-state index >= 15 is 0 Å². The van der Waals surface area contributed by atoms with Crippen molar-refractivity contribution >= 4 is 49.4 Å². The summed E-state index contributed by atoms with van der Waals surface area (Å²) in [4.78, 5) is 28.3. The molecule has 144 valence electrons. The highest BCUT2D eigenvalue weighted by Crippen LogP contribution is 2.23. The number of nitrogens with one attached hydrogen (secondary N) is 2. The molecule has 0 saturated heterocycles. The van der Waals surface area contributed by atoms with Crippen molar-refractivity contribution in [3.63, 3.8) is 0 Å². The Labute approximate surface area is 166 Å². The van der Waals surface area contributed by atoms with Gasteiger partial charge >= 0.3 is 0 Å². The maximum absolute atomic E-state index is 12.4. The van der Waals surface area contributed by atoms with Crippen molar-refractivity contribution in [2.24, 2.45) is 0 Å². The molecule has 0 bridgehead atoms. The van der Waals surface area contributed by atoms with Crippen molar-refractivity contribution in [1.82, 2.24) is 4.98 Å². The topological polar surface area (TPSA) is 105 Å². The highest BCUT2D eigenvalue weighted by atomic mass is 32.2. The maximum atomic E-state index is 12.4. The molecule has 1 aromatic heterocycles. The predicted octanol–water partition coefficient (Wildman–Crippen LogP) is 3.75. The van der Waals surface area contributed by atoms with Gasteiger partial charge in [0.2, 0.25) is 0 Å². The van der Waals surface area contributed by atoms with Crippen molar-refractivity contribution in [1.29, 1.82) is 0 Å². The SMILES string of the molecule is CC(=O)c1cccc(NC(=O)c2csc(Nc3ccc(S(C)(=O)=O)cc3)n2)c1. The molecule has 0 fully saturated rings. The van der Waals surface area contributed by atoms with Gasteiger partial charge in [-0.05, 0) is 43.3 Å². The van der Waals surface area contributed by atoms with Gasteiger partial charge < -0.3 is 10.6 Å². The van der Waals surface area contributed by atoms with Crippen LogP contribution in [0.1, 0.15) is 27.8 Å². The molecule has 0 spiro atoms. The Kier molecular flexibility index (Phi) is 5.57. The smallest absolute Gasteiger partial charge is 0.275 e. The zero-order valence-corrected chi connectivity index (χ0v) is 16.7. The second-order valence-electron chi connectivity index (χ2n) is 6.05. The molecule has 2 N–H and O–H groups in total. The molecule has 28 heavy (non-hydrogen) atoms. The Morgan fingerprint density at radius 1 is 1.04 bits per heavy atom. The zero-order valence-electron chi connectivity index (χ0n) is 15.1. The summed E-state index contributed by atoms with van der Waals surface area (Å²) in [5.41, 5.74) is 1.91. The fourth-order valence-corrected chi connectivity index (χ4v) is 3.70. The lowest BCUT2D eigenvalue weighted by molar-refractivity contribution is 0.100. The summed E-state index contributed by atoms with van der Waals surface area (Å²) in [7, 11) is -3.25. The van der Waals surface area contributed by atoms with Crippen LogP contribution in [0.2, 0.25) is 0 Å². The molecule has 0 saturated carbocycles. The van der Waals surface area contributed by atoms with Gasteiger partial charge in [-0.2, -0.15) is 0 Å². The molecule has 7 nitrogen and oxygen atoms in total. The monoisotopic (exact) mass is 415 g/mol. The summed E-state index contributed by atoms with van der Waals surface area (Å²) in [5, 5.41) is 7.85. The van der Waals surface area contributed by atoms with Crippen LogP contribution in [0.5, 0.6) is 0 Å². The summed E-state index contributed by atoms with van der Waals surface area (Å²) in [6, 6.07) is 12.9. The number of hydrogen-bond acceptors (Lipinski definition) is 7. The predicted molar refractivity (Wildman–Crippen MR) is 109 cm³/mol. The van der Waals surface area contributed by atoms with Crippen molar-refractivity contribution in [3.05, 3.63) is 65.2 Å². The van der Waals surface area contributed by atoms with E-state index in [9.17, 15) is 18.0 Å². The van der Waals surface area contributed by atoms with Crippen LogP contribution < -0.4 is 10.6 Å². The van der Waals surface area contributed by atoms with Crippen LogP contribution in [0.15, 0.2) is 58.8 Å². The number of thiazole rings is 1. The van der Waals surface area contributed by atoms with E-state index in [4.69, 9.17) is 0 Å². The van der Waals surface area contributed by atoms with Gasteiger partial charge in [0.25, 0.3) is 5.91 Å². The third-order valence-electron chi connectivity index (χ3n) is 3.80. The number of carbonyl (C=O) groups excluding carboxylic acids is 2. The number of ketones is 1. The molecule has 0 atom stereocenters. The van der Waals surface area contributed by atoms with Crippen molar-refractivity contribution in [2.45, 2.75) is 11.8 Å². The fraction of sp³-hybridized carbons (Fsp3) is 0.105. The first kappa shape index (κ1) is 19.7. The minimum atomic E-state index is -3.25. The van der Waals surface area contributed by atoms with E-state index in [0.717, 1.165) is 6.26 Å². The summed E-state index contributed by atoms with van der Waals surface area (Å²) in [6.45, 7) is 1.46. The van der Waals surface area contributed by atoms with Gasteiger partial charge in [-0.15, -0.1) is 11.3 Å². The molecule has 0 aliphatic heterocycles. The van der Waals surface area contributed by atoms with E-state index in [0.29, 0.717) is 22.1 Å². The van der Waals surface area contributed by atoms with Gasteiger partial charge in [-0.1, -0.05) is 12.1 Å². The zero-order chi connectivity index (χ0) is 20.3. The van der Waals surface area contributed by atoms with E-state index in [1.54, 1.807) is 41.8 Å². The maximum Gasteiger partial charge on any atom is 0.275 e. The molecular formula is C19H17N3O4S2. The van der Waals surface area contributed by atoms with Crippen molar-refractivity contribution < 1.29 is 18.0 Å². The second kappa shape index (κ2) is 7.91. The number of anilines is 3. The summed E-state index contributed by atoms with van der Waals surface area (Å²) in [5.74, 6) is -0.476. The first-order chi connectivity index (χ1) is 13.2. The van der Waals surface area contributed by atoms with Gasteiger partial charge in [0.05, 0.1) is 4.90 Å². The second-order valence-corrected chi connectivity index (χ2v) is 8.92. The molecule has 2 aromatic carbocycles. The molecule has 1 heterocycles. The number of carbonyl (C=O) groups is 2. The number of benzene rings is 2. The van der Waals surface area contributed by atoms with E-state index in [1.807, 2.05) is 0 Å². The van der Waals surface area contributed by atoms with Crippen molar-refractivity contribution in [2.75, 3.05) is 16.9 Å². The minimum absolute atomic E-state index is 0.0851. The van der Waals surface area contributed by atoms with Gasteiger partial charge in [-0.25, -0.2) is 13.4 Å². The third-order valence-corrected chi connectivity index (χ3v) is 5.68. The molecule has 3 rings (SSSR count). The molecule has 3 aromatic rings. The van der Waals surface area contributed by atoms with Crippen LogP contribution in [0.25, 0.3) is 0 Å². The highest BCUT2D eigenvalue weighted by molar-refractivity contribution is 7.90. The van der Waals surface area contributed by atoms with Crippen LogP contribution >= 0.6 is 11.3 Å². The first-order valence-electron chi connectivity index (χ1n) is 8.17. The molecular weight excluding hydrogens is 398 g/mol. The Morgan fingerprint density at radius 3 is 2.39 bits per heavy atom. The molecule has 0 aliphatic carbocycles. The lowest BCUT2D eigenvalue weighted by atomic mass is 10.1. The standard InChI is InChI=1S/C19H17N3O4S2/c1-12(23)13-4-3-5-15(10-13)20-18(24)17-11-27-19(22-17)21-14-6-8-16(9-7-14)28(2,25)26/h3-11H,1-2H3,(H,20,24)(H,21,22). The molecule has 1 amide bonds. The Morgan fingerprint density at radius 2 is 1.75 bits per heavy atom. The Bertz CT molecular complexity index is 1140. The van der Waals surface area contributed by atoms with Gasteiger partial charge in [0.1, 0.15) is 5.69 Å². The van der Waals surface area contributed by atoms with Crippen LogP contribution in [0.4, 0.5) is 16.5 Å². The lowest BCUT2D eigenvalue weighted by Gasteiger charge is -2.05. The summed E-state index contributed by atoms with van der Waals surface area (Å²) in [6.07, 6.45) is 1.15. The summed E-state index contributed by atoms with van der Waals surface area (Å²) >= 11 is 1.25. The number of hydrogen-bond donors (Lipinski definition) is 2. The molecule has 0 radical (unpaired) electrons. The summed E-state index contributed by atoms with van der Waals surface area (Å²) < 4.78 is 23.0. The van der Waals surface area contributed by atoms with Crippen LogP contribution in [-0.2, 0) is 9.84 Å². The highest BCUT2D eigenvalue weighted by Gasteiger charge is 2.12. The van der Waals surface area contributed by atoms with Crippen molar-refractivity contribution in [3.8, 4) is 0 Å². The average Bonchev–Trinajstić information content (AvgIpc) is 3.10. The number of amides is 1. The normalized spacial score (nSPS) is 11.1. The number of Topliss-reactive ketones (excluding diaryl/α,β-unsaturated/α-hetero) is 1.